The van der Waals surface area contributed by atoms with Crippen LogP contribution in [0.5, 0.6) is 17.2 Å². The molecule has 0 spiro atoms. The predicted molar refractivity (Wildman–Crippen MR) is 72.0 cm³/mol. The first-order valence-electron chi connectivity index (χ1n) is 6.12. The van der Waals surface area contributed by atoms with Crippen LogP contribution in [0.1, 0.15) is 12.5 Å². The fourth-order valence-corrected chi connectivity index (χ4v) is 1.73. The number of hydrogen-bond acceptors (Lipinski definition) is 3. The van der Waals surface area contributed by atoms with E-state index < -0.39 is 0 Å². The molecule has 0 aliphatic carbocycles. The molecule has 0 unspecified atom stereocenters. The van der Waals surface area contributed by atoms with Crippen LogP contribution < -0.4 is 15.2 Å². The highest BCUT2D eigenvalue weighted by atomic mass is 19.1. The Morgan fingerprint density at radius 3 is 2.37 bits per heavy atom. The van der Waals surface area contributed by atoms with Crippen LogP contribution in [0.15, 0.2) is 42.5 Å². The molecule has 0 bridgehead atoms. The minimum absolute atomic E-state index is 0.0963. The lowest BCUT2D eigenvalue weighted by Gasteiger charge is -2.11. The molecule has 0 radical (unpaired) electrons. The minimum atomic E-state index is -0.356. The van der Waals surface area contributed by atoms with Crippen LogP contribution in [0.3, 0.4) is 0 Å². The first kappa shape index (κ1) is 13.4. The summed E-state index contributed by atoms with van der Waals surface area (Å²) in [4.78, 5) is 0. The lowest BCUT2D eigenvalue weighted by molar-refractivity contribution is 0.339. The summed E-state index contributed by atoms with van der Waals surface area (Å²) in [5, 5.41) is 0. The molecule has 0 fully saturated rings. The molecule has 2 aromatic carbocycles. The summed E-state index contributed by atoms with van der Waals surface area (Å²) >= 11 is 0. The van der Waals surface area contributed by atoms with Gasteiger partial charge in [-0.3, -0.25) is 0 Å². The summed E-state index contributed by atoms with van der Waals surface area (Å²) in [5.74, 6) is 1.47. The molecular formula is C15H16FNO2. The normalized spacial score (nSPS) is 10.3. The van der Waals surface area contributed by atoms with Crippen molar-refractivity contribution in [2.45, 2.75) is 13.5 Å². The van der Waals surface area contributed by atoms with Gasteiger partial charge in [-0.1, -0.05) is 6.07 Å². The van der Waals surface area contributed by atoms with E-state index in [0.29, 0.717) is 23.7 Å². The van der Waals surface area contributed by atoms with Gasteiger partial charge in [-0.25, -0.2) is 4.39 Å². The quantitative estimate of drug-likeness (QED) is 0.896. The summed E-state index contributed by atoms with van der Waals surface area (Å²) in [5.41, 5.74) is 5.90. The van der Waals surface area contributed by atoms with E-state index in [1.807, 2.05) is 6.92 Å². The van der Waals surface area contributed by atoms with Crippen LogP contribution in [-0.2, 0) is 6.54 Å². The Morgan fingerprint density at radius 2 is 1.74 bits per heavy atom. The zero-order valence-corrected chi connectivity index (χ0v) is 10.7. The van der Waals surface area contributed by atoms with Gasteiger partial charge in [0.2, 0.25) is 0 Å². The molecule has 2 rings (SSSR count). The average Bonchev–Trinajstić information content (AvgIpc) is 2.42. The predicted octanol–water partition coefficient (Wildman–Crippen LogP) is 3.48. The Kier molecular flexibility index (Phi) is 4.36. The molecule has 4 heteroatoms. The van der Waals surface area contributed by atoms with Crippen molar-refractivity contribution in [2.24, 2.45) is 5.73 Å². The van der Waals surface area contributed by atoms with Gasteiger partial charge >= 0.3 is 0 Å². The van der Waals surface area contributed by atoms with Gasteiger partial charge in [-0.15, -0.1) is 0 Å². The summed E-state index contributed by atoms with van der Waals surface area (Å²) in [6.07, 6.45) is 0. The number of benzene rings is 2. The van der Waals surface area contributed by atoms with E-state index >= 15 is 0 Å². The van der Waals surface area contributed by atoms with Crippen molar-refractivity contribution in [1.29, 1.82) is 0 Å². The highest BCUT2D eigenvalue weighted by Gasteiger charge is 2.08. The van der Waals surface area contributed by atoms with Crippen molar-refractivity contribution in [1.82, 2.24) is 0 Å². The first-order chi connectivity index (χ1) is 9.24. The summed E-state index contributed by atoms with van der Waals surface area (Å²) < 4.78 is 24.5. The van der Waals surface area contributed by atoms with Crippen LogP contribution in [0.25, 0.3) is 0 Å². The van der Waals surface area contributed by atoms with Gasteiger partial charge in [0.05, 0.1) is 6.61 Å². The fraction of sp³-hybridized carbons (Fsp3) is 0.200. The van der Waals surface area contributed by atoms with Gasteiger partial charge in [0.1, 0.15) is 23.1 Å². The van der Waals surface area contributed by atoms with E-state index in [1.54, 1.807) is 36.4 Å². The highest BCUT2D eigenvalue weighted by Crippen LogP contribution is 2.28. The molecule has 0 heterocycles. The molecule has 19 heavy (non-hydrogen) atoms. The van der Waals surface area contributed by atoms with Crippen LogP contribution in [0.2, 0.25) is 0 Å². The maximum atomic E-state index is 13.5. The molecule has 0 saturated heterocycles. The molecule has 2 N–H and O–H groups in total. The minimum Gasteiger partial charge on any atom is -0.494 e. The van der Waals surface area contributed by atoms with Gasteiger partial charge in [0.25, 0.3) is 0 Å². The van der Waals surface area contributed by atoms with Gasteiger partial charge < -0.3 is 15.2 Å². The van der Waals surface area contributed by atoms with Gasteiger partial charge in [-0.2, -0.15) is 0 Å². The van der Waals surface area contributed by atoms with E-state index in [2.05, 4.69) is 0 Å². The van der Waals surface area contributed by atoms with E-state index in [9.17, 15) is 4.39 Å². The van der Waals surface area contributed by atoms with Crippen molar-refractivity contribution in [3.63, 3.8) is 0 Å². The van der Waals surface area contributed by atoms with Crippen LogP contribution in [0.4, 0.5) is 4.39 Å². The molecule has 0 aromatic heterocycles. The zero-order chi connectivity index (χ0) is 13.7. The Morgan fingerprint density at radius 1 is 1.05 bits per heavy atom. The molecular weight excluding hydrogens is 245 g/mol. The van der Waals surface area contributed by atoms with Crippen molar-refractivity contribution < 1.29 is 13.9 Å². The lowest BCUT2D eigenvalue weighted by atomic mass is 10.2. The molecule has 0 aliphatic heterocycles. The second-order valence-electron chi connectivity index (χ2n) is 3.93. The number of hydrogen-bond donors (Lipinski definition) is 1. The number of nitrogens with two attached hydrogens (primary N) is 1. The van der Waals surface area contributed by atoms with E-state index in [-0.39, 0.29) is 12.4 Å². The molecule has 0 amide bonds. The average molecular weight is 261 g/mol. The van der Waals surface area contributed by atoms with Crippen molar-refractivity contribution in [3.05, 3.63) is 53.8 Å². The van der Waals surface area contributed by atoms with Crippen LogP contribution >= 0.6 is 0 Å². The first-order valence-corrected chi connectivity index (χ1v) is 6.12. The maximum Gasteiger partial charge on any atom is 0.134 e. The molecule has 0 atom stereocenters. The standard InChI is InChI=1S/C15H16FNO2/c1-2-18-11-6-8-12(9-7-11)19-15-5-3-4-14(16)13(15)10-17/h3-9H,2,10,17H2,1H3. The van der Waals surface area contributed by atoms with Crippen molar-refractivity contribution in [2.75, 3.05) is 6.61 Å². The van der Waals surface area contributed by atoms with Gasteiger partial charge in [-0.05, 0) is 43.3 Å². The zero-order valence-electron chi connectivity index (χ0n) is 10.7. The van der Waals surface area contributed by atoms with Gasteiger partial charge in [0, 0.05) is 12.1 Å². The number of ether oxygens (including phenoxy) is 2. The van der Waals surface area contributed by atoms with E-state index in [1.165, 1.54) is 6.07 Å². The monoisotopic (exact) mass is 261 g/mol. The highest BCUT2D eigenvalue weighted by molar-refractivity contribution is 5.40. The molecule has 0 saturated carbocycles. The van der Waals surface area contributed by atoms with Crippen molar-refractivity contribution in [3.8, 4) is 17.2 Å². The van der Waals surface area contributed by atoms with E-state index in [0.717, 1.165) is 5.75 Å². The smallest absolute Gasteiger partial charge is 0.134 e. The second kappa shape index (κ2) is 6.20. The number of halogens is 1. The molecule has 3 nitrogen and oxygen atoms in total. The maximum absolute atomic E-state index is 13.5. The third kappa shape index (κ3) is 3.23. The number of rotatable bonds is 5. The summed E-state index contributed by atoms with van der Waals surface area (Å²) in [6.45, 7) is 2.63. The third-order valence-electron chi connectivity index (χ3n) is 2.64. The third-order valence-corrected chi connectivity index (χ3v) is 2.64. The van der Waals surface area contributed by atoms with E-state index in [4.69, 9.17) is 15.2 Å². The molecule has 0 aliphatic rings. The Balaban J connectivity index is 2.19. The van der Waals surface area contributed by atoms with Crippen LogP contribution in [-0.4, -0.2) is 6.61 Å². The fourth-order valence-electron chi connectivity index (χ4n) is 1.73. The molecule has 2 aromatic rings. The second-order valence-corrected chi connectivity index (χ2v) is 3.93. The Labute approximate surface area is 111 Å². The Hall–Kier alpha value is -2.07. The van der Waals surface area contributed by atoms with Crippen LogP contribution in [0, 0.1) is 5.82 Å². The molecule has 100 valence electrons. The topological polar surface area (TPSA) is 44.5 Å². The SMILES string of the molecule is CCOc1ccc(Oc2cccc(F)c2CN)cc1. The largest absolute Gasteiger partial charge is 0.494 e. The van der Waals surface area contributed by atoms with Crippen molar-refractivity contribution >= 4 is 0 Å². The lowest BCUT2D eigenvalue weighted by Crippen LogP contribution is -2.02. The summed E-state index contributed by atoms with van der Waals surface area (Å²) in [7, 11) is 0. The van der Waals surface area contributed by atoms with Gasteiger partial charge in [0.15, 0.2) is 0 Å². The summed E-state index contributed by atoms with van der Waals surface area (Å²) in [6, 6.07) is 11.8. The Bertz CT molecular complexity index is 540.